The molecule has 1 saturated carbocycles. The van der Waals surface area contributed by atoms with Gasteiger partial charge in [0.15, 0.2) is 9.84 Å². The van der Waals surface area contributed by atoms with Crippen molar-refractivity contribution in [1.29, 1.82) is 0 Å². The fraction of sp³-hybridized carbons (Fsp3) is 0.917. The second kappa shape index (κ2) is 7.45. The minimum absolute atomic E-state index is 0. The molecule has 1 amide bonds. The number of rotatable bonds is 4. The van der Waals surface area contributed by atoms with E-state index in [0.29, 0.717) is 13.0 Å². The number of hydrogen-bond donors (Lipinski definition) is 1. The van der Waals surface area contributed by atoms with Crippen molar-refractivity contribution in [2.45, 2.75) is 43.9 Å². The Hall–Kier alpha value is -0.330. The molecule has 1 aliphatic rings. The van der Waals surface area contributed by atoms with Crippen molar-refractivity contribution in [1.82, 2.24) is 4.90 Å². The van der Waals surface area contributed by atoms with Crippen LogP contribution in [-0.4, -0.2) is 50.4 Å². The van der Waals surface area contributed by atoms with Gasteiger partial charge in [-0.25, -0.2) is 8.42 Å². The fourth-order valence-corrected chi connectivity index (χ4v) is 4.12. The van der Waals surface area contributed by atoms with Crippen molar-refractivity contribution >= 4 is 28.2 Å². The van der Waals surface area contributed by atoms with Crippen LogP contribution in [0.5, 0.6) is 0 Å². The van der Waals surface area contributed by atoms with Gasteiger partial charge >= 0.3 is 0 Å². The molecule has 0 aromatic rings. The minimum atomic E-state index is -3.11. The van der Waals surface area contributed by atoms with Crippen molar-refractivity contribution in [3.05, 3.63) is 0 Å². The van der Waals surface area contributed by atoms with Crippen LogP contribution in [0.4, 0.5) is 0 Å². The molecule has 1 aliphatic carbocycles. The maximum Gasteiger partial charge on any atom is 0.226 e. The molecular weight excluding hydrogens is 288 g/mol. The topological polar surface area (TPSA) is 80.5 Å². The van der Waals surface area contributed by atoms with Gasteiger partial charge in [-0.3, -0.25) is 4.79 Å². The molecule has 0 bridgehead atoms. The summed E-state index contributed by atoms with van der Waals surface area (Å²) in [4.78, 5) is 13.7. The molecule has 19 heavy (non-hydrogen) atoms. The van der Waals surface area contributed by atoms with E-state index >= 15 is 0 Å². The number of carbonyl (C=O) groups is 1. The predicted molar refractivity (Wildman–Crippen MR) is 79.1 cm³/mol. The maximum atomic E-state index is 12.1. The van der Waals surface area contributed by atoms with Gasteiger partial charge in [0.05, 0.1) is 5.25 Å². The van der Waals surface area contributed by atoms with E-state index in [-0.39, 0.29) is 30.3 Å². The molecule has 5 nitrogen and oxygen atoms in total. The van der Waals surface area contributed by atoms with E-state index in [1.54, 1.807) is 18.9 Å². The summed E-state index contributed by atoms with van der Waals surface area (Å²) in [6.45, 7) is 2.07. The summed E-state index contributed by atoms with van der Waals surface area (Å²) in [6, 6.07) is -0.199. The Balaban J connectivity index is 0.00000324. The molecule has 1 rings (SSSR count). The first-order chi connectivity index (χ1) is 8.29. The van der Waals surface area contributed by atoms with Gasteiger partial charge in [0.1, 0.15) is 0 Å². The average Bonchev–Trinajstić information content (AvgIpc) is 2.35. The van der Waals surface area contributed by atoms with Gasteiger partial charge in [-0.2, -0.15) is 0 Å². The zero-order valence-corrected chi connectivity index (χ0v) is 13.5. The second-order valence-electron chi connectivity index (χ2n) is 5.31. The Labute approximate surface area is 122 Å². The lowest BCUT2D eigenvalue weighted by atomic mass is 9.93. The molecule has 1 fully saturated rings. The van der Waals surface area contributed by atoms with Gasteiger partial charge < -0.3 is 10.6 Å². The SMILES string of the molecule is CC(CN)C(=O)N(C)C1CCCCC1S(C)(=O)=O.Cl. The Bertz CT molecular complexity index is 400. The largest absolute Gasteiger partial charge is 0.341 e. The van der Waals surface area contributed by atoms with Gasteiger partial charge in [-0.1, -0.05) is 19.8 Å². The summed E-state index contributed by atoms with van der Waals surface area (Å²) >= 11 is 0. The minimum Gasteiger partial charge on any atom is -0.341 e. The van der Waals surface area contributed by atoms with Crippen molar-refractivity contribution in [3.63, 3.8) is 0 Å². The molecule has 7 heteroatoms. The van der Waals surface area contributed by atoms with Crippen LogP contribution in [0.25, 0.3) is 0 Å². The first-order valence-electron chi connectivity index (χ1n) is 6.44. The van der Waals surface area contributed by atoms with Crippen LogP contribution in [0, 0.1) is 5.92 Å². The Morgan fingerprint density at radius 1 is 1.37 bits per heavy atom. The highest BCUT2D eigenvalue weighted by Gasteiger charge is 2.37. The van der Waals surface area contributed by atoms with Gasteiger partial charge in [-0.15, -0.1) is 12.4 Å². The smallest absolute Gasteiger partial charge is 0.226 e. The maximum absolute atomic E-state index is 12.1. The molecule has 0 aromatic heterocycles. The number of nitrogens with two attached hydrogens (primary N) is 1. The van der Waals surface area contributed by atoms with Crippen LogP contribution >= 0.6 is 12.4 Å². The highest BCUT2D eigenvalue weighted by Crippen LogP contribution is 2.28. The highest BCUT2D eigenvalue weighted by molar-refractivity contribution is 7.91. The summed E-state index contributed by atoms with van der Waals surface area (Å²) in [5.74, 6) is -0.310. The molecular formula is C12H25ClN2O3S. The lowest BCUT2D eigenvalue weighted by Gasteiger charge is -2.37. The van der Waals surface area contributed by atoms with Gasteiger partial charge in [0, 0.05) is 31.8 Å². The lowest BCUT2D eigenvalue weighted by molar-refractivity contribution is -0.135. The number of hydrogen-bond acceptors (Lipinski definition) is 4. The standard InChI is InChI=1S/C12H24N2O3S.ClH/c1-9(8-13)12(15)14(2)10-6-4-5-7-11(10)18(3,16)17;/h9-11H,4-8,13H2,1-3H3;1H. The summed E-state index contributed by atoms with van der Waals surface area (Å²) in [6.07, 6.45) is 4.57. The average molecular weight is 313 g/mol. The van der Waals surface area contributed by atoms with E-state index in [1.165, 1.54) is 6.26 Å². The van der Waals surface area contributed by atoms with Crippen molar-refractivity contribution in [2.75, 3.05) is 19.8 Å². The Morgan fingerprint density at radius 2 is 1.89 bits per heavy atom. The van der Waals surface area contributed by atoms with Crippen molar-refractivity contribution in [3.8, 4) is 0 Å². The zero-order chi connectivity index (χ0) is 13.9. The first-order valence-corrected chi connectivity index (χ1v) is 8.40. The van der Waals surface area contributed by atoms with Crippen LogP contribution < -0.4 is 5.73 Å². The Morgan fingerprint density at radius 3 is 2.37 bits per heavy atom. The van der Waals surface area contributed by atoms with Crippen molar-refractivity contribution in [2.24, 2.45) is 11.7 Å². The van der Waals surface area contributed by atoms with E-state index in [0.717, 1.165) is 19.3 Å². The van der Waals surface area contributed by atoms with Crippen molar-refractivity contribution < 1.29 is 13.2 Å². The molecule has 2 N–H and O–H groups in total. The molecule has 0 spiro atoms. The van der Waals surface area contributed by atoms with E-state index in [9.17, 15) is 13.2 Å². The summed E-state index contributed by atoms with van der Waals surface area (Å²) < 4.78 is 23.6. The van der Waals surface area contributed by atoms with Crippen LogP contribution in [0.1, 0.15) is 32.6 Å². The number of sulfone groups is 1. The number of carbonyl (C=O) groups excluding carboxylic acids is 1. The van der Waals surface area contributed by atoms with Gasteiger partial charge in [0.25, 0.3) is 0 Å². The van der Waals surface area contributed by atoms with Gasteiger partial charge in [-0.05, 0) is 12.8 Å². The quantitative estimate of drug-likeness (QED) is 0.833. The van der Waals surface area contributed by atoms with E-state index in [4.69, 9.17) is 5.73 Å². The number of nitrogens with zero attached hydrogens (tertiary/aromatic N) is 1. The molecule has 0 aliphatic heterocycles. The van der Waals surface area contributed by atoms with Crippen LogP contribution in [0.2, 0.25) is 0 Å². The number of amides is 1. The van der Waals surface area contributed by atoms with Gasteiger partial charge in [0.2, 0.25) is 5.91 Å². The summed E-state index contributed by atoms with van der Waals surface area (Å²) in [5, 5.41) is -0.426. The Kier molecular flexibility index (Phi) is 7.32. The summed E-state index contributed by atoms with van der Waals surface area (Å²) in [5.41, 5.74) is 5.49. The fourth-order valence-electron chi connectivity index (χ4n) is 2.63. The van der Waals surface area contributed by atoms with E-state index in [2.05, 4.69) is 0 Å². The van der Waals surface area contributed by atoms with Crippen LogP contribution in [0.15, 0.2) is 0 Å². The third-order valence-corrected chi connectivity index (χ3v) is 5.49. The third-order valence-electron chi connectivity index (χ3n) is 3.84. The molecule has 0 aromatic carbocycles. The van der Waals surface area contributed by atoms with Crippen LogP contribution in [-0.2, 0) is 14.6 Å². The molecule has 0 saturated heterocycles. The second-order valence-corrected chi connectivity index (χ2v) is 7.57. The number of halogens is 1. The monoisotopic (exact) mass is 312 g/mol. The molecule has 3 unspecified atom stereocenters. The normalized spacial score (nSPS) is 25.3. The summed E-state index contributed by atoms with van der Waals surface area (Å²) in [7, 11) is -1.41. The molecule has 114 valence electrons. The van der Waals surface area contributed by atoms with Crippen LogP contribution in [0.3, 0.4) is 0 Å². The van der Waals surface area contributed by atoms with E-state index in [1.807, 2.05) is 0 Å². The molecule has 3 atom stereocenters. The first kappa shape index (κ1) is 18.7. The predicted octanol–water partition coefficient (Wildman–Crippen LogP) is 0.817. The zero-order valence-electron chi connectivity index (χ0n) is 11.8. The lowest BCUT2D eigenvalue weighted by Crippen LogP contribution is -2.51. The highest BCUT2D eigenvalue weighted by atomic mass is 35.5. The molecule has 0 radical (unpaired) electrons. The molecule has 0 heterocycles. The third kappa shape index (κ3) is 4.61. The van der Waals surface area contributed by atoms with E-state index < -0.39 is 15.1 Å².